The van der Waals surface area contributed by atoms with Crippen LogP contribution in [0.5, 0.6) is 0 Å². The summed E-state index contributed by atoms with van der Waals surface area (Å²) >= 11 is 0. The van der Waals surface area contributed by atoms with Crippen molar-refractivity contribution < 1.29 is 27.2 Å². The highest BCUT2D eigenvalue weighted by Crippen LogP contribution is 2.49. The molecule has 0 unspecified atom stereocenters. The molecule has 0 rings (SSSR count). The maximum absolute atomic E-state index is 11.8. The van der Waals surface area contributed by atoms with Crippen molar-refractivity contribution in [1.82, 2.24) is 0 Å². The highest BCUT2D eigenvalue weighted by Gasteiger charge is 2.23. The van der Waals surface area contributed by atoms with Crippen molar-refractivity contribution in [3.8, 4) is 0 Å². The van der Waals surface area contributed by atoms with E-state index >= 15 is 0 Å². The Labute approximate surface area is 102 Å². The molecule has 0 radical (unpaired) electrons. The number of hydrogen-bond acceptors (Lipinski definition) is 6. The molecule has 0 aliphatic heterocycles. The molecule has 0 aromatic heterocycles. The fourth-order valence-electron chi connectivity index (χ4n) is 1.06. The minimum absolute atomic E-state index is 0.124. The Morgan fingerprint density at radius 1 is 0.941 bits per heavy atom. The third-order valence-corrected chi connectivity index (χ3v) is 5.96. The second-order valence-corrected chi connectivity index (χ2v) is 7.93. The molecular weight excluding hydrogens is 266 g/mol. The van der Waals surface area contributed by atoms with Gasteiger partial charge in [-0.1, -0.05) is 11.6 Å². The van der Waals surface area contributed by atoms with Gasteiger partial charge in [-0.3, -0.25) is 9.13 Å². The SMILES string of the molecule is COP(=O)(CC=C(C)CP(=O)(OC)OC)OC. The summed E-state index contributed by atoms with van der Waals surface area (Å²) in [7, 11) is -0.844. The lowest BCUT2D eigenvalue weighted by atomic mass is 10.3. The first-order valence-corrected chi connectivity index (χ1v) is 8.37. The van der Waals surface area contributed by atoms with Gasteiger partial charge in [-0.15, -0.1) is 0 Å². The zero-order chi connectivity index (χ0) is 13.5. The van der Waals surface area contributed by atoms with Gasteiger partial charge in [0.25, 0.3) is 0 Å². The molecule has 0 bridgehead atoms. The lowest BCUT2D eigenvalue weighted by Gasteiger charge is -2.15. The van der Waals surface area contributed by atoms with Crippen LogP contribution in [0.4, 0.5) is 0 Å². The summed E-state index contributed by atoms with van der Waals surface area (Å²) in [5.41, 5.74) is 0.742. The highest BCUT2D eigenvalue weighted by molar-refractivity contribution is 7.54. The maximum Gasteiger partial charge on any atom is 0.334 e. The summed E-state index contributed by atoms with van der Waals surface area (Å²) in [6, 6.07) is 0. The van der Waals surface area contributed by atoms with Crippen molar-refractivity contribution in [2.75, 3.05) is 40.8 Å². The predicted molar refractivity (Wildman–Crippen MR) is 66.7 cm³/mol. The lowest BCUT2D eigenvalue weighted by Crippen LogP contribution is -1.98. The predicted octanol–water partition coefficient (Wildman–Crippen LogP) is 2.90. The molecule has 0 saturated carbocycles. The van der Waals surface area contributed by atoms with Crippen LogP contribution in [0.25, 0.3) is 0 Å². The Bertz CT molecular complexity index is 335. The van der Waals surface area contributed by atoms with Gasteiger partial charge in [-0.2, -0.15) is 0 Å². The van der Waals surface area contributed by atoms with Crippen molar-refractivity contribution >= 4 is 15.2 Å². The molecule has 0 aromatic carbocycles. The van der Waals surface area contributed by atoms with Crippen LogP contribution in [0.2, 0.25) is 0 Å². The van der Waals surface area contributed by atoms with Gasteiger partial charge in [0.2, 0.25) is 0 Å². The second-order valence-electron chi connectivity index (χ2n) is 3.34. The minimum atomic E-state index is -3.08. The van der Waals surface area contributed by atoms with Crippen molar-refractivity contribution in [3.05, 3.63) is 11.6 Å². The third-order valence-electron chi connectivity index (χ3n) is 2.22. The quantitative estimate of drug-likeness (QED) is 0.504. The topological polar surface area (TPSA) is 71.1 Å². The van der Waals surface area contributed by atoms with Crippen LogP contribution in [0, 0.1) is 0 Å². The first-order chi connectivity index (χ1) is 7.84. The molecule has 0 aromatic rings. The fraction of sp³-hybridized carbons (Fsp3) is 0.778. The van der Waals surface area contributed by atoms with Crippen LogP contribution < -0.4 is 0 Å². The van der Waals surface area contributed by atoms with E-state index in [1.165, 1.54) is 28.4 Å². The van der Waals surface area contributed by atoms with Crippen molar-refractivity contribution in [3.63, 3.8) is 0 Å². The molecule has 0 heterocycles. The minimum Gasteiger partial charge on any atom is -0.312 e. The number of allylic oxidation sites excluding steroid dienone is 2. The van der Waals surface area contributed by atoms with E-state index in [0.29, 0.717) is 0 Å². The van der Waals surface area contributed by atoms with Crippen LogP contribution in [0.3, 0.4) is 0 Å². The van der Waals surface area contributed by atoms with Crippen LogP contribution in [0.15, 0.2) is 11.6 Å². The smallest absolute Gasteiger partial charge is 0.312 e. The molecule has 0 fully saturated rings. The van der Waals surface area contributed by atoms with E-state index in [9.17, 15) is 9.13 Å². The van der Waals surface area contributed by atoms with E-state index < -0.39 is 15.2 Å². The van der Waals surface area contributed by atoms with Gasteiger partial charge < -0.3 is 18.1 Å². The molecule has 0 aliphatic rings. The molecule has 6 nitrogen and oxygen atoms in total. The molecule has 0 spiro atoms. The maximum atomic E-state index is 11.8. The molecule has 102 valence electrons. The second kappa shape index (κ2) is 7.47. The van der Waals surface area contributed by atoms with Gasteiger partial charge in [0, 0.05) is 28.4 Å². The summed E-state index contributed by atoms with van der Waals surface area (Å²) in [4.78, 5) is 0. The molecule has 0 atom stereocenters. The molecule has 0 aliphatic carbocycles. The standard InChI is InChI=1S/C9H20O6P2/c1-9(8-17(11,14-4)15-5)6-7-16(10,12-2)13-3/h6H,7-8H2,1-5H3. The highest BCUT2D eigenvalue weighted by atomic mass is 31.2. The summed E-state index contributed by atoms with van der Waals surface area (Å²) in [6.07, 6.45) is 1.92. The largest absolute Gasteiger partial charge is 0.334 e. The first kappa shape index (κ1) is 17.0. The van der Waals surface area contributed by atoms with Crippen molar-refractivity contribution in [1.29, 1.82) is 0 Å². The molecule has 0 N–H and O–H groups in total. The first-order valence-electron chi connectivity index (χ1n) is 4.91. The molecule has 0 saturated heterocycles. The summed E-state index contributed by atoms with van der Waals surface area (Å²) < 4.78 is 42.7. The van der Waals surface area contributed by atoms with Crippen molar-refractivity contribution in [2.24, 2.45) is 0 Å². The van der Waals surface area contributed by atoms with Gasteiger partial charge >= 0.3 is 15.2 Å². The van der Waals surface area contributed by atoms with E-state index in [2.05, 4.69) is 0 Å². The van der Waals surface area contributed by atoms with Gasteiger partial charge in [0.05, 0.1) is 12.3 Å². The van der Waals surface area contributed by atoms with Crippen LogP contribution in [0.1, 0.15) is 6.92 Å². The Morgan fingerprint density at radius 2 is 1.35 bits per heavy atom. The van der Waals surface area contributed by atoms with E-state index in [1.807, 2.05) is 0 Å². The van der Waals surface area contributed by atoms with Crippen LogP contribution in [-0.4, -0.2) is 40.8 Å². The zero-order valence-electron chi connectivity index (χ0n) is 10.8. The monoisotopic (exact) mass is 286 g/mol. The lowest BCUT2D eigenvalue weighted by molar-refractivity contribution is 0.276. The fourth-order valence-corrected chi connectivity index (χ4v) is 3.19. The average molecular weight is 286 g/mol. The summed E-state index contributed by atoms with van der Waals surface area (Å²) in [5, 5.41) is 0. The van der Waals surface area contributed by atoms with Gasteiger partial charge in [0.15, 0.2) is 0 Å². The number of rotatable bonds is 8. The molecule has 0 amide bonds. The Balaban J connectivity index is 4.57. The summed E-state index contributed by atoms with van der Waals surface area (Å²) in [6.45, 7) is 1.75. The normalized spacial score (nSPS) is 14.1. The van der Waals surface area contributed by atoms with Crippen molar-refractivity contribution in [2.45, 2.75) is 6.92 Å². The summed E-state index contributed by atoms with van der Waals surface area (Å²) in [5.74, 6) is 0. The average Bonchev–Trinajstić information content (AvgIpc) is 2.35. The van der Waals surface area contributed by atoms with E-state index in [0.717, 1.165) is 5.57 Å². The Kier molecular flexibility index (Phi) is 7.49. The van der Waals surface area contributed by atoms with Crippen LogP contribution in [-0.2, 0) is 27.2 Å². The van der Waals surface area contributed by atoms with Gasteiger partial charge in [0.1, 0.15) is 0 Å². The Hall–Kier alpha value is 0.0400. The third kappa shape index (κ3) is 5.96. The van der Waals surface area contributed by atoms with Gasteiger partial charge in [-0.05, 0) is 6.92 Å². The van der Waals surface area contributed by atoms with Gasteiger partial charge in [-0.25, -0.2) is 0 Å². The van der Waals surface area contributed by atoms with Crippen LogP contribution >= 0.6 is 15.2 Å². The Morgan fingerprint density at radius 3 is 1.71 bits per heavy atom. The van der Waals surface area contributed by atoms with E-state index in [1.54, 1.807) is 13.0 Å². The molecular formula is C9H20O6P2. The van der Waals surface area contributed by atoms with E-state index in [4.69, 9.17) is 18.1 Å². The molecule has 8 heteroatoms. The number of hydrogen-bond donors (Lipinski definition) is 0. The molecule has 17 heavy (non-hydrogen) atoms. The zero-order valence-corrected chi connectivity index (χ0v) is 12.6. The van der Waals surface area contributed by atoms with E-state index in [-0.39, 0.29) is 12.3 Å².